The van der Waals surface area contributed by atoms with Gasteiger partial charge in [-0.25, -0.2) is 0 Å². The molecule has 0 spiro atoms. The zero-order chi connectivity index (χ0) is 13.5. The van der Waals surface area contributed by atoms with Gasteiger partial charge in [-0.05, 0) is 31.9 Å². The number of rotatable bonds is 6. The van der Waals surface area contributed by atoms with Crippen molar-refractivity contribution >= 4 is 11.6 Å². The molecule has 0 heterocycles. The maximum absolute atomic E-state index is 12.3. The van der Waals surface area contributed by atoms with Gasteiger partial charge in [-0.2, -0.15) is 0 Å². The van der Waals surface area contributed by atoms with Crippen LogP contribution in [0.3, 0.4) is 0 Å². The van der Waals surface area contributed by atoms with Crippen LogP contribution in [0.1, 0.15) is 32.3 Å². The van der Waals surface area contributed by atoms with Crippen LogP contribution < -0.4 is 4.90 Å². The van der Waals surface area contributed by atoms with E-state index in [4.69, 9.17) is 4.74 Å². The predicted molar refractivity (Wildman–Crippen MR) is 74.9 cm³/mol. The van der Waals surface area contributed by atoms with E-state index in [1.807, 2.05) is 49.9 Å². The van der Waals surface area contributed by atoms with E-state index in [2.05, 4.69) is 0 Å². The van der Waals surface area contributed by atoms with Gasteiger partial charge in [0.25, 0.3) is 0 Å². The second-order valence-electron chi connectivity index (χ2n) is 4.60. The molecule has 1 unspecified atom stereocenters. The lowest BCUT2D eigenvalue weighted by molar-refractivity contribution is -0.119. The van der Waals surface area contributed by atoms with Gasteiger partial charge in [0, 0.05) is 19.2 Å². The predicted octanol–water partition coefficient (Wildman–Crippen LogP) is 3.16. The molecule has 0 aliphatic heterocycles. The summed E-state index contributed by atoms with van der Waals surface area (Å²) in [6.45, 7) is 6.61. The first kappa shape index (κ1) is 14.7. The number of methoxy groups -OCH3 is 1. The minimum Gasteiger partial charge on any atom is -0.383 e. The van der Waals surface area contributed by atoms with E-state index in [0.29, 0.717) is 13.0 Å². The smallest absolute Gasteiger partial charge is 0.227 e. The topological polar surface area (TPSA) is 29.5 Å². The molecule has 0 bridgehead atoms. The average molecular weight is 249 g/mol. The molecule has 1 rings (SSSR count). The summed E-state index contributed by atoms with van der Waals surface area (Å²) < 4.78 is 5.18. The molecule has 0 fully saturated rings. The number of hydrogen-bond acceptors (Lipinski definition) is 2. The SMILES string of the molecule is CCCC(=O)N(c1ccccc1C)C(C)COC. The van der Waals surface area contributed by atoms with Crippen LogP contribution in [0.25, 0.3) is 0 Å². The summed E-state index contributed by atoms with van der Waals surface area (Å²) in [5.41, 5.74) is 2.10. The summed E-state index contributed by atoms with van der Waals surface area (Å²) in [4.78, 5) is 14.1. The Balaban J connectivity index is 3.04. The molecular weight excluding hydrogens is 226 g/mol. The second-order valence-corrected chi connectivity index (χ2v) is 4.60. The summed E-state index contributed by atoms with van der Waals surface area (Å²) in [5, 5.41) is 0. The Kier molecular flexibility index (Phi) is 5.86. The van der Waals surface area contributed by atoms with E-state index < -0.39 is 0 Å². The molecule has 0 saturated heterocycles. The van der Waals surface area contributed by atoms with Crippen molar-refractivity contribution in [3.05, 3.63) is 29.8 Å². The van der Waals surface area contributed by atoms with E-state index in [9.17, 15) is 4.79 Å². The minimum absolute atomic E-state index is 0.0511. The van der Waals surface area contributed by atoms with Gasteiger partial charge < -0.3 is 9.64 Å². The number of para-hydroxylation sites is 1. The number of nitrogens with zero attached hydrogens (tertiary/aromatic N) is 1. The quantitative estimate of drug-likeness (QED) is 0.775. The summed E-state index contributed by atoms with van der Waals surface area (Å²) in [6, 6.07) is 8.03. The first-order valence-electron chi connectivity index (χ1n) is 6.48. The largest absolute Gasteiger partial charge is 0.383 e. The van der Waals surface area contributed by atoms with Gasteiger partial charge in [-0.1, -0.05) is 25.1 Å². The van der Waals surface area contributed by atoms with E-state index in [0.717, 1.165) is 17.7 Å². The summed E-state index contributed by atoms with van der Waals surface area (Å²) in [6.07, 6.45) is 1.43. The van der Waals surface area contributed by atoms with Crippen molar-refractivity contribution in [2.45, 2.75) is 39.7 Å². The van der Waals surface area contributed by atoms with Crippen LogP contribution in [0.5, 0.6) is 0 Å². The molecule has 1 atom stereocenters. The van der Waals surface area contributed by atoms with Crippen molar-refractivity contribution < 1.29 is 9.53 Å². The van der Waals surface area contributed by atoms with Crippen molar-refractivity contribution in [2.24, 2.45) is 0 Å². The molecule has 18 heavy (non-hydrogen) atoms. The number of amides is 1. The fraction of sp³-hybridized carbons (Fsp3) is 0.533. The molecule has 0 aliphatic rings. The highest BCUT2D eigenvalue weighted by atomic mass is 16.5. The van der Waals surface area contributed by atoms with E-state index in [1.165, 1.54) is 0 Å². The molecule has 0 N–H and O–H groups in total. The molecule has 0 radical (unpaired) electrons. The monoisotopic (exact) mass is 249 g/mol. The highest BCUT2D eigenvalue weighted by Crippen LogP contribution is 2.23. The third kappa shape index (κ3) is 3.57. The molecule has 3 heteroatoms. The highest BCUT2D eigenvalue weighted by Gasteiger charge is 2.22. The number of carbonyl (C=O) groups is 1. The van der Waals surface area contributed by atoms with Gasteiger partial charge in [0.2, 0.25) is 5.91 Å². The van der Waals surface area contributed by atoms with Crippen LogP contribution in [0.15, 0.2) is 24.3 Å². The van der Waals surface area contributed by atoms with Gasteiger partial charge in [-0.3, -0.25) is 4.79 Å². The van der Waals surface area contributed by atoms with E-state index in [-0.39, 0.29) is 11.9 Å². The molecule has 100 valence electrons. The van der Waals surface area contributed by atoms with Gasteiger partial charge >= 0.3 is 0 Å². The first-order valence-corrected chi connectivity index (χ1v) is 6.48. The van der Waals surface area contributed by atoms with Crippen molar-refractivity contribution in [2.75, 3.05) is 18.6 Å². The lowest BCUT2D eigenvalue weighted by Crippen LogP contribution is -2.41. The Morgan fingerprint density at radius 1 is 1.39 bits per heavy atom. The normalized spacial score (nSPS) is 12.2. The summed E-state index contributed by atoms with van der Waals surface area (Å²) in [5.74, 6) is 0.163. The number of carbonyl (C=O) groups excluding carboxylic acids is 1. The van der Waals surface area contributed by atoms with Gasteiger partial charge in [-0.15, -0.1) is 0 Å². The van der Waals surface area contributed by atoms with Crippen molar-refractivity contribution in [3.63, 3.8) is 0 Å². The van der Waals surface area contributed by atoms with Gasteiger partial charge in [0.05, 0.1) is 12.6 Å². The average Bonchev–Trinajstić information content (AvgIpc) is 2.33. The van der Waals surface area contributed by atoms with Crippen LogP contribution in [0.2, 0.25) is 0 Å². The minimum atomic E-state index is 0.0511. The Morgan fingerprint density at radius 3 is 2.61 bits per heavy atom. The summed E-state index contributed by atoms with van der Waals surface area (Å²) >= 11 is 0. The van der Waals surface area contributed by atoms with Crippen LogP contribution in [-0.2, 0) is 9.53 Å². The van der Waals surface area contributed by atoms with E-state index in [1.54, 1.807) is 7.11 Å². The van der Waals surface area contributed by atoms with Crippen LogP contribution in [-0.4, -0.2) is 25.7 Å². The Bertz CT molecular complexity index is 390. The molecular formula is C15H23NO2. The maximum atomic E-state index is 12.3. The van der Waals surface area contributed by atoms with E-state index >= 15 is 0 Å². The van der Waals surface area contributed by atoms with Gasteiger partial charge in [0.1, 0.15) is 0 Å². The lowest BCUT2D eigenvalue weighted by Gasteiger charge is -2.30. The third-order valence-corrected chi connectivity index (χ3v) is 2.96. The summed E-state index contributed by atoms with van der Waals surface area (Å²) in [7, 11) is 1.66. The van der Waals surface area contributed by atoms with Crippen LogP contribution in [0.4, 0.5) is 5.69 Å². The zero-order valence-corrected chi connectivity index (χ0v) is 11.8. The zero-order valence-electron chi connectivity index (χ0n) is 11.8. The fourth-order valence-corrected chi connectivity index (χ4v) is 2.10. The van der Waals surface area contributed by atoms with Gasteiger partial charge in [0.15, 0.2) is 0 Å². The lowest BCUT2D eigenvalue weighted by atomic mass is 10.1. The number of aryl methyl sites for hydroxylation is 1. The highest BCUT2D eigenvalue weighted by molar-refractivity contribution is 5.94. The van der Waals surface area contributed by atoms with Crippen molar-refractivity contribution in [1.29, 1.82) is 0 Å². The molecule has 0 aliphatic carbocycles. The standard InChI is InChI=1S/C15H23NO2/c1-5-8-15(17)16(13(3)11-18-4)14-10-7-6-9-12(14)2/h6-7,9-10,13H,5,8,11H2,1-4H3. The number of anilines is 1. The first-order chi connectivity index (χ1) is 8.61. The Labute approximate surface area is 110 Å². The third-order valence-electron chi connectivity index (χ3n) is 2.96. The van der Waals surface area contributed by atoms with Crippen molar-refractivity contribution in [1.82, 2.24) is 0 Å². The molecule has 0 aromatic heterocycles. The molecule has 3 nitrogen and oxygen atoms in total. The second kappa shape index (κ2) is 7.17. The molecule has 1 amide bonds. The van der Waals surface area contributed by atoms with Crippen molar-refractivity contribution in [3.8, 4) is 0 Å². The Morgan fingerprint density at radius 2 is 2.06 bits per heavy atom. The van der Waals surface area contributed by atoms with Crippen LogP contribution >= 0.6 is 0 Å². The number of benzene rings is 1. The molecule has 0 saturated carbocycles. The molecule has 1 aromatic rings. The number of hydrogen-bond donors (Lipinski definition) is 0. The fourth-order valence-electron chi connectivity index (χ4n) is 2.10. The molecule has 1 aromatic carbocycles. The maximum Gasteiger partial charge on any atom is 0.227 e. The number of ether oxygens (including phenoxy) is 1. The Hall–Kier alpha value is -1.35. The van der Waals surface area contributed by atoms with Crippen LogP contribution in [0, 0.1) is 6.92 Å².